The minimum atomic E-state index is -0.187. The Morgan fingerprint density at radius 1 is 1.00 bits per heavy atom. The number of halogens is 1. The zero-order valence-corrected chi connectivity index (χ0v) is 16.7. The molecule has 138 valence electrons. The molecule has 3 rings (SSSR count). The fourth-order valence-electron chi connectivity index (χ4n) is 2.68. The van der Waals surface area contributed by atoms with Gasteiger partial charge in [0.05, 0.1) is 7.11 Å². The normalized spacial score (nSPS) is 10.3. The van der Waals surface area contributed by atoms with Gasteiger partial charge in [0, 0.05) is 21.3 Å². The Hall–Kier alpha value is -2.79. The Balaban J connectivity index is 1.78. The number of amides is 1. The van der Waals surface area contributed by atoms with E-state index in [2.05, 4.69) is 21.2 Å². The molecule has 0 aliphatic carbocycles. The van der Waals surface area contributed by atoms with E-state index in [0.717, 1.165) is 27.0 Å². The third-order valence-electron chi connectivity index (χ3n) is 4.10. The number of rotatable bonds is 6. The molecule has 0 spiro atoms. The van der Waals surface area contributed by atoms with Crippen LogP contribution >= 0.6 is 15.9 Å². The van der Waals surface area contributed by atoms with E-state index in [1.807, 2.05) is 55.5 Å². The van der Waals surface area contributed by atoms with Gasteiger partial charge in [-0.15, -0.1) is 0 Å². The molecule has 1 N–H and O–H groups in total. The SMILES string of the molecule is COc1ccc(C(=O)Nc2cccc(Br)c2)cc1COc1ccccc1C. The lowest BCUT2D eigenvalue weighted by Crippen LogP contribution is -2.13. The summed E-state index contributed by atoms with van der Waals surface area (Å²) < 4.78 is 12.2. The number of aryl methyl sites for hydroxylation is 1. The average Bonchev–Trinajstić information content (AvgIpc) is 2.67. The zero-order valence-electron chi connectivity index (χ0n) is 15.2. The van der Waals surface area contributed by atoms with Gasteiger partial charge >= 0.3 is 0 Å². The fourth-order valence-corrected chi connectivity index (χ4v) is 3.08. The van der Waals surface area contributed by atoms with E-state index in [1.165, 1.54) is 0 Å². The van der Waals surface area contributed by atoms with Gasteiger partial charge in [-0.2, -0.15) is 0 Å². The van der Waals surface area contributed by atoms with Gasteiger partial charge < -0.3 is 14.8 Å². The summed E-state index contributed by atoms with van der Waals surface area (Å²) in [6.07, 6.45) is 0. The predicted octanol–water partition coefficient (Wildman–Crippen LogP) is 5.60. The average molecular weight is 426 g/mol. The summed E-state index contributed by atoms with van der Waals surface area (Å²) >= 11 is 3.40. The molecular weight excluding hydrogens is 406 g/mol. The summed E-state index contributed by atoms with van der Waals surface area (Å²) in [6, 6.07) is 20.6. The number of carbonyl (C=O) groups excluding carboxylic acids is 1. The number of nitrogens with one attached hydrogen (secondary N) is 1. The van der Waals surface area contributed by atoms with Gasteiger partial charge in [0.25, 0.3) is 5.91 Å². The van der Waals surface area contributed by atoms with Crippen LogP contribution in [0.3, 0.4) is 0 Å². The third-order valence-corrected chi connectivity index (χ3v) is 4.60. The molecular formula is C22H20BrNO3. The largest absolute Gasteiger partial charge is 0.496 e. The number of benzene rings is 3. The van der Waals surface area contributed by atoms with Crippen molar-refractivity contribution in [3.05, 3.63) is 87.9 Å². The Labute approximate surface area is 167 Å². The van der Waals surface area contributed by atoms with Crippen molar-refractivity contribution in [2.45, 2.75) is 13.5 Å². The summed E-state index contributed by atoms with van der Waals surface area (Å²) in [7, 11) is 1.61. The van der Waals surface area contributed by atoms with E-state index in [4.69, 9.17) is 9.47 Å². The second-order valence-electron chi connectivity index (χ2n) is 6.05. The van der Waals surface area contributed by atoms with Gasteiger partial charge in [0.1, 0.15) is 18.1 Å². The van der Waals surface area contributed by atoms with E-state index in [1.54, 1.807) is 25.3 Å². The number of ether oxygens (including phenoxy) is 2. The first-order valence-corrected chi connectivity index (χ1v) is 9.28. The van der Waals surface area contributed by atoms with E-state index >= 15 is 0 Å². The molecule has 0 fully saturated rings. The summed E-state index contributed by atoms with van der Waals surface area (Å²) in [5.74, 6) is 1.30. The predicted molar refractivity (Wildman–Crippen MR) is 111 cm³/mol. The maximum Gasteiger partial charge on any atom is 0.255 e. The van der Waals surface area contributed by atoms with Crippen LogP contribution in [0.15, 0.2) is 71.2 Å². The van der Waals surface area contributed by atoms with Crippen molar-refractivity contribution in [1.29, 1.82) is 0 Å². The highest BCUT2D eigenvalue weighted by molar-refractivity contribution is 9.10. The molecule has 3 aromatic carbocycles. The smallest absolute Gasteiger partial charge is 0.255 e. The minimum absolute atomic E-state index is 0.187. The number of hydrogen-bond acceptors (Lipinski definition) is 3. The van der Waals surface area contributed by atoms with Crippen molar-refractivity contribution in [3.8, 4) is 11.5 Å². The third kappa shape index (κ3) is 4.89. The Morgan fingerprint density at radius 2 is 1.81 bits per heavy atom. The van der Waals surface area contributed by atoms with Crippen LogP contribution in [0.5, 0.6) is 11.5 Å². The fraction of sp³-hybridized carbons (Fsp3) is 0.136. The van der Waals surface area contributed by atoms with Crippen LogP contribution in [0.4, 0.5) is 5.69 Å². The van der Waals surface area contributed by atoms with Crippen molar-refractivity contribution < 1.29 is 14.3 Å². The summed E-state index contributed by atoms with van der Waals surface area (Å²) in [4.78, 5) is 12.6. The van der Waals surface area contributed by atoms with Crippen molar-refractivity contribution in [2.24, 2.45) is 0 Å². The second kappa shape index (κ2) is 8.73. The van der Waals surface area contributed by atoms with Gasteiger partial charge in [-0.3, -0.25) is 4.79 Å². The minimum Gasteiger partial charge on any atom is -0.496 e. The van der Waals surface area contributed by atoms with Crippen LogP contribution in [0.25, 0.3) is 0 Å². The molecule has 5 heteroatoms. The maximum absolute atomic E-state index is 12.6. The molecule has 0 aromatic heterocycles. The van der Waals surface area contributed by atoms with E-state index in [9.17, 15) is 4.79 Å². The highest BCUT2D eigenvalue weighted by Crippen LogP contribution is 2.24. The first-order chi connectivity index (χ1) is 13.1. The molecule has 0 atom stereocenters. The number of anilines is 1. The van der Waals surface area contributed by atoms with E-state index in [0.29, 0.717) is 17.9 Å². The molecule has 0 heterocycles. The van der Waals surface area contributed by atoms with Crippen LogP contribution in [-0.4, -0.2) is 13.0 Å². The zero-order chi connectivity index (χ0) is 19.2. The Kier molecular flexibility index (Phi) is 6.14. The van der Waals surface area contributed by atoms with Crippen molar-refractivity contribution >= 4 is 27.5 Å². The summed E-state index contributed by atoms with van der Waals surface area (Å²) in [5.41, 5.74) is 3.13. The lowest BCUT2D eigenvalue weighted by Gasteiger charge is -2.13. The Bertz CT molecular complexity index is 956. The molecule has 4 nitrogen and oxygen atoms in total. The molecule has 0 saturated carbocycles. The maximum atomic E-state index is 12.6. The van der Waals surface area contributed by atoms with Crippen LogP contribution in [-0.2, 0) is 6.61 Å². The number of hydrogen-bond donors (Lipinski definition) is 1. The van der Waals surface area contributed by atoms with Gasteiger partial charge in [-0.1, -0.05) is 40.2 Å². The van der Waals surface area contributed by atoms with E-state index in [-0.39, 0.29) is 5.91 Å². The molecule has 0 radical (unpaired) electrons. The number of methoxy groups -OCH3 is 1. The van der Waals surface area contributed by atoms with Crippen molar-refractivity contribution in [1.82, 2.24) is 0 Å². The highest BCUT2D eigenvalue weighted by atomic mass is 79.9. The van der Waals surface area contributed by atoms with Crippen molar-refractivity contribution in [3.63, 3.8) is 0 Å². The second-order valence-corrected chi connectivity index (χ2v) is 6.96. The van der Waals surface area contributed by atoms with Gasteiger partial charge in [0.2, 0.25) is 0 Å². The van der Waals surface area contributed by atoms with Gasteiger partial charge in [-0.05, 0) is 55.0 Å². The lowest BCUT2D eigenvalue weighted by atomic mass is 10.1. The highest BCUT2D eigenvalue weighted by Gasteiger charge is 2.12. The topological polar surface area (TPSA) is 47.6 Å². The summed E-state index contributed by atoms with van der Waals surface area (Å²) in [6.45, 7) is 2.31. The monoisotopic (exact) mass is 425 g/mol. The van der Waals surface area contributed by atoms with Gasteiger partial charge in [-0.25, -0.2) is 0 Å². The van der Waals surface area contributed by atoms with E-state index < -0.39 is 0 Å². The molecule has 0 saturated heterocycles. The first-order valence-electron chi connectivity index (χ1n) is 8.49. The molecule has 27 heavy (non-hydrogen) atoms. The standard InChI is InChI=1S/C22H20BrNO3/c1-15-6-3-4-9-20(15)27-14-17-12-16(10-11-21(17)26-2)22(25)24-19-8-5-7-18(23)13-19/h3-13H,14H2,1-2H3,(H,24,25). The molecule has 0 aliphatic heterocycles. The Morgan fingerprint density at radius 3 is 2.56 bits per heavy atom. The molecule has 0 unspecified atom stereocenters. The van der Waals surface area contributed by atoms with Crippen LogP contribution in [0.1, 0.15) is 21.5 Å². The van der Waals surface area contributed by atoms with Crippen LogP contribution in [0.2, 0.25) is 0 Å². The number of para-hydroxylation sites is 1. The van der Waals surface area contributed by atoms with Crippen LogP contribution in [0, 0.1) is 6.92 Å². The van der Waals surface area contributed by atoms with Gasteiger partial charge in [0.15, 0.2) is 0 Å². The molecule has 0 aliphatic rings. The quantitative estimate of drug-likeness (QED) is 0.559. The lowest BCUT2D eigenvalue weighted by molar-refractivity contribution is 0.102. The molecule has 3 aromatic rings. The van der Waals surface area contributed by atoms with Crippen LogP contribution < -0.4 is 14.8 Å². The molecule has 1 amide bonds. The summed E-state index contributed by atoms with van der Waals surface area (Å²) in [5, 5.41) is 2.90. The number of carbonyl (C=O) groups is 1. The molecule has 0 bridgehead atoms. The first kappa shape index (κ1) is 19.0. The van der Waals surface area contributed by atoms with Crippen molar-refractivity contribution in [2.75, 3.05) is 12.4 Å².